The molecule has 0 saturated heterocycles. The Morgan fingerprint density at radius 2 is 1.62 bits per heavy atom. The molecule has 1 aromatic heterocycles. The first-order chi connectivity index (χ1) is 11.5. The summed E-state index contributed by atoms with van der Waals surface area (Å²) in [6.07, 6.45) is 2.19. The Balaban J connectivity index is 1.86. The number of hydrogen-bond donors (Lipinski definition) is 2. The van der Waals surface area contributed by atoms with E-state index < -0.39 is 0 Å². The number of benzene rings is 2. The minimum absolute atomic E-state index is 0.196. The van der Waals surface area contributed by atoms with Crippen molar-refractivity contribution in [2.45, 2.75) is 39.0 Å². The van der Waals surface area contributed by atoms with Crippen molar-refractivity contribution in [2.75, 3.05) is 13.1 Å². The third-order valence-corrected chi connectivity index (χ3v) is 5.18. The first kappa shape index (κ1) is 15.5. The van der Waals surface area contributed by atoms with Crippen LogP contribution >= 0.6 is 0 Å². The van der Waals surface area contributed by atoms with Gasteiger partial charge in [0.25, 0.3) is 0 Å². The second-order valence-corrected chi connectivity index (χ2v) is 7.89. The monoisotopic (exact) mass is 318 g/mol. The van der Waals surface area contributed by atoms with Crippen LogP contribution in [0.4, 0.5) is 0 Å². The maximum Gasteiger partial charge on any atom is 0.0465 e. The molecule has 0 aliphatic carbocycles. The van der Waals surface area contributed by atoms with Crippen molar-refractivity contribution in [3.05, 3.63) is 59.3 Å². The summed E-state index contributed by atoms with van der Waals surface area (Å²) in [4.78, 5) is 3.66. The molecule has 2 nitrogen and oxygen atoms in total. The Hall–Kier alpha value is -2.06. The van der Waals surface area contributed by atoms with Gasteiger partial charge in [0, 0.05) is 29.6 Å². The molecule has 24 heavy (non-hydrogen) atoms. The van der Waals surface area contributed by atoms with Crippen molar-refractivity contribution in [2.24, 2.45) is 0 Å². The van der Waals surface area contributed by atoms with Gasteiger partial charge in [0.15, 0.2) is 0 Å². The normalized spacial score (nSPS) is 15.3. The number of nitrogens with one attached hydrogen (secondary N) is 2. The molecule has 0 radical (unpaired) electrons. The predicted octanol–water partition coefficient (Wildman–Crippen LogP) is 4.82. The lowest BCUT2D eigenvalue weighted by atomic mass is 9.86. The third-order valence-electron chi connectivity index (χ3n) is 5.18. The molecule has 3 aromatic rings. The molecular weight excluding hydrogens is 292 g/mol. The highest BCUT2D eigenvalue weighted by molar-refractivity contribution is 5.98. The Bertz CT molecular complexity index is 863. The standard InChI is InChI=1S/C22H26N2/c1-22(2,3)16-9-7-15(8-10-16)17-5-4-6-20-21(17)18-11-13-23-14-12-19(18)24-20/h4-10,23-24H,11-14H2,1-3H3. The zero-order chi connectivity index (χ0) is 16.7. The van der Waals surface area contributed by atoms with Crippen LogP contribution in [0.2, 0.25) is 0 Å². The minimum Gasteiger partial charge on any atom is -0.358 e. The van der Waals surface area contributed by atoms with E-state index in [-0.39, 0.29) is 5.41 Å². The van der Waals surface area contributed by atoms with Crippen molar-refractivity contribution in [1.29, 1.82) is 0 Å². The fraction of sp³-hybridized carbons (Fsp3) is 0.364. The van der Waals surface area contributed by atoms with Crippen LogP contribution in [0.1, 0.15) is 37.6 Å². The van der Waals surface area contributed by atoms with Crippen LogP contribution in [0.3, 0.4) is 0 Å². The van der Waals surface area contributed by atoms with E-state index in [1.165, 1.54) is 38.9 Å². The van der Waals surface area contributed by atoms with Crippen molar-refractivity contribution >= 4 is 10.9 Å². The predicted molar refractivity (Wildman–Crippen MR) is 103 cm³/mol. The summed E-state index contributed by atoms with van der Waals surface area (Å²) in [6, 6.07) is 15.8. The number of aromatic amines is 1. The molecule has 2 heteroatoms. The maximum absolute atomic E-state index is 3.66. The van der Waals surface area contributed by atoms with Crippen LogP contribution in [0.15, 0.2) is 42.5 Å². The summed E-state index contributed by atoms with van der Waals surface area (Å²) in [7, 11) is 0. The highest BCUT2D eigenvalue weighted by atomic mass is 14.9. The van der Waals surface area contributed by atoms with Crippen LogP contribution in [0.5, 0.6) is 0 Å². The lowest BCUT2D eigenvalue weighted by Crippen LogP contribution is -2.16. The second-order valence-electron chi connectivity index (χ2n) is 7.89. The van der Waals surface area contributed by atoms with Crippen LogP contribution in [0.25, 0.3) is 22.0 Å². The molecule has 0 unspecified atom stereocenters. The number of H-pyrrole nitrogens is 1. The summed E-state index contributed by atoms with van der Waals surface area (Å²) in [5.41, 5.74) is 8.44. The maximum atomic E-state index is 3.66. The van der Waals surface area contributed by atoms with Gasteiger partial charge in [-0.05, 0) is 46.7 Å². The van der Waals surface area contributed by atoms with Gasteiger partial charge in [0.05, 0.1) is 0 Å². The molecule has 0 amide bonds. The molecule has 0 saturated carbocycles. The third kappa shape index (κ3) is 2.65. The van der Waals surface area contributed by atoms with E-state index in [2.05, 4.69) is 73.5 Å². The Morgan fingerprint density at radius 3 is 2.38 bits per heavy atom. The van der Waals surface area contributed by atoms with E-state index in [0.29, 0.717) is 0 Å². The van der Waals surface area contributed by atoms with Crippen molar-refractivity contribution in [1.82, 2.24) is 10.3 Å². The fourth-order valence-corrected chi connectivity index (χ4v) is 3.80. The van der Waals surface area contributed by atoms with Gasteiger partial charge in [-0.3, -0.25) is 0 Å². The van der Waals surface area contributed by atoms with Crippen LogP contribution < -0.4 is 5.32 Å². The van der Waals surface area contributed by atoms with Crippen molar-refractivity contribution in [3.8, 4) is 11.1 Å². The fourth-order valence-electron chi connectivity index (χ4n) is 3.80. The van der Waals surface area contributed by atoms with Gasteiger partial charge >= 0.3 is 0 Å². The molecule has 0 atom stereocenters. The molecule has 2 aromatic carbocycles. The Kier molecular flexibility index (Phi) is 3.73. The van der Waals surface area contributed by atoms with E-state index in [1.54, 1.807) is 0 Å². The second kappa shape index (κ2) is 5.78. The molecule has 2 N–H and O–H groups in total. The first-order valence-corrected chi connectivity index (χ1v) is 8.98. The molecule has 0 fully saturated rings. The number of rotatable bonds is 1. The molecule has 0 bridgehead atoms. The number of hydrogen-bond acceptors (Lipinski definition) is 1. The lowest BCUT2D eigenvalue weighted by molar-refractivity contribution is 0.590. The Labute approximate surface area is 144 Å². The van der Waals surface area contributed by atoms with Gasteiger partial charge in [-0.25, -0.2) is 0 Å². The van der Waals surface area contributed by atoms with Gasteiger partial charge in [-0.15, -0.1) is 0 Å². The summed E-state index contributed by atoms with van der Waals surface area (Å²) >= 11 is 0. The van der Waals surface area contributed by atoms with Crippen LogP contribution in [-0.4, -0.2) is 18.1 Å². The van der Waals surface area contributed by atoms with Gasteiger partial charge in [-0.1, -0.05) is 57.2 Å². The first-order valence-electron chi connectivity index (χ1n) is 8.98. The molecule has 0 spiro atoms. The van der Waals surface area contributed by atoms with Gasteiger partial charge in [0.2, 0.25) is 0 Å². The van der Waals surface area contributed by atoms with E-state index in [9.17, 15) is 0 Å². The molecule has 1 aliphatic heterocycles. The SMILES string of the molecule is CC(C)(C)c1ccc(-c2cccc3[nH]c4c(c23)CCNCC4)cc1. The molecular formula is C22H26N2. The smallest absolute Gasteiger partial charge is 0.0465 e. The molecule has 2 heterocycles. The lowest BCUT2D eigenvalue weighted by Gasteiger charge is -2.19. The summed E-state index contributed by atoms with van der Waals surface area (Å²) in [5.74, 6) is 0. The zero-order valence-electron chi connectivity index (χ0n) is 14.9. The average Bonchev–Trinajstić information content (AvgIpc) is 2.76. The van der Waals surface area contributed by atoms with E-state index in [1.807, 2.05) is 0 Å². The average molecular weight is 318 g/mol. The Morgan fingerprint density at radius 1 is 0.875 bits per heavy atom. The molecule has 4 rings (SSSR count). The topological polar surface area (TPSA) is 27.8 Å². The van der Waals surface area contributed by atoms with Gasteiger partial charge in [0.1, 0.15) is 0 Å². The summed E-state index contributed by atoms with van der Waals surface area (Å²) in [6.45, 7) is 8.93. The van der Waals surface area contributed by atoms with E-state index in [0.717, 1.165) is 25.9 Å². The zero-order valence-corrected chi connectivity index (χ0v) is 14.9. The number of fused-ring (bicyclic) bond motifs is 3. The van der Waals surface area contributed by atoms with Crippen LogP contribution in [0, 0.1) is 0 Å². The van der Waals surface area contributed by atoms with Crippen LogP contribution in [-0.2, 0) is 18.3 Å². The molecule has 1 aliphatic rings. The largest absolute Gasteiger partial charge is 0.358 e. The van der Waals surface area contributed by atoms with E-state index in [4.69, 9.17) is 0 Å². The summed E-state index contributed by atoms with van der Waals surface area (Å²) < 4.78 is 0. The molecule has 124 valence electrons. The minimum atomic E-state index is 0.196. The van der Waals surface area contributed by atoms with Gasteiger partial charge in [-0.2, -0.15) is 0 Å². The van der Waals surface area contributed by atoms with E-state index >= 15 is 0 Å². The number of aromatic nitrogens is 1. The van der Waals surface area contributed by atoms with Gasteiger partial charge < -0.3 is 10.3 Å². The van der Waals surface area contributed by atoms with Crippen molar-refractivity contribution < 1.29 is 0 Å². The quantitative estimate of drug-likeness (QED) is 0.661. The summed E-state index contributed by atoms with van der Waals surface area (Å²) in [5, 5.41) is 4.92. The highest BCUT2D eigenvalue weighted by Crippen LogP contribution is 2.35. The van der Waals surface area contributed by atoms with Crippen molar-refractivity contribution in [3.63, 3.8) is 0 Å². The highest BCUT2D eigenvalue weighted by Gasteiger charge is 2.18.